The molecule has 1 aromatic rings. The van der Waals surface area contributed by atoms with Crippen molar-refractivity contribution < 1.29 is 13.5 Å². The highest BCUT2D eigenvalue weighted by Crippen LogP contribution is 2.29. The van der Waals surface area contributed by atoms with Gasteiger partial charge >= 0.3 is 0 Å². The van der Waals surface area contributed by atoms with Crippen LogP contribution in [0.15, 0.2) is 10.3 Å². The van der Waals surface area contributed by atoms with Crippen molar-refractivity contribution >= 4 is 21.4 Å². The van der Waals surface area contributed by atoms with E-state index in [0.717, 1.165) is 25.7 Å². The van der Waals surface area contributed by atoms with Gasteiger partial charge in [-0.1, -0.05) is 6.92 Å². The Hall–Kier alpha value is -0.430. The first-order valence-electron chi connectivity index (χ1n) is 6.64. The van der Waals surface area contributed by atoms with Crippen molar-refractivity contribution in [3.05, 3.63) is 15.8 Å². The molecule has 4 nitrogen and oxygen atoms in total. The van der Waals surface area contributed by atoms with Crippen LogP contribution in [0.25, 0.3) is 0 Å². The van der Waals surface area contributed by atoms with E-state index >= 15 is 0 Å². The van der Waals surface area contributed by atoms with E-state index < -0.39 is 10.0 Å². The number of thiophene rings is 1. The summed E-state index contributed by atoms with van der Waals surface area (Å²) in [5.41, 5.74) is 0.714. The fraction of sp³-hybridized carbons (Fsp3) is 0.692. The zero-order chi connectivity index (χ0) is 14.0. The molecule has 2 N–H and O–H groups in total. The number of aryl methyl sites for hydroxylation is 1. The maximum Gasteiger partial charge on any atom is 0.242 e. The largest absolute Gasteiger partial charge is 0.391 e. The van der Waals surface area contributed by atoms with Gasteiger partial charge in [0.2, 0.25) is 10.0 Å². The maximum atomic E-state index is 12.4. The van der Waals surface area contributed by atoms with Gasteiger partial charge in [0.1, 0.15) is 4.90 Å². The molecule has 1 saturated carbocycles. The minimum Gasteiger partial charge on any atom is -0.391 e. The number of nitrogens with one attached hydrogen (secondary N) is 1. The summed E-state index contributed by atoms with van der Waals surface area (Å²) in [6.45, 7) is 3.75. The van der Waals surface area contributed by atoms with Crippen LogP contribution in [0.3, 0.4) is 0 Å². The Labute approximate surface area is 118 Å². The molecule has 0 radical (unpaired) electrons. The highest BCUT2D eigenvalue weighted by atomic mass is 32.2. The van der Waals surface area contributed by atoms with Gasteiger partial charge in [0.05, 0.1) is 11.5 Å². The summed E-state index contributed by atoms with van der Waals surface area (Å²) in [5.74, 6) is 0.691. The molecule has 6 heteroatoms. The van der Waals surface area contributed by atoms with Gasteiger partial charge in [-0.05, 0) is 49.5 Å². The van der Waals surface area contributed by atoms with Gasteiger partial charge in [-0.15, -0.1) is 11.3 Å². The first-order valence-corrected chi connectivity index (χ1v) is 9.00. The first-order chi connectivity index (χ1) is 8.94. The van der Waals surface area contributed by atoms with E-state index in [1.165, 1.54) is 11.3 Å². The topological polar surface area (TPSA) is 66.4 Å². The smallest absolute Gasteiger partial charge is 0.242 e. The Bertz CT molecular complexity index is 528. The zero-order valence-electron chi connectivity index (χ0n) is 11.3. The maximum absolute atomic E-state index is 12.4. The second-order valence-electron chi connectivity index (χ2n) is 5.41. The Morgan fingerprint density at radius 2 is 2.00 bits per heavy atom. The second kappa shape index (κ2) is 5.91. The van der Waals surface area contributed by atoms with Gasteiger partial charge in [0.15, 0.2) is 0 Å². The molecule has 0 aromatic carbocycles. The molecule has 0 bridgehead atoms. The predicted octanol–water partition coefficient (Wildman–Crippen LogP) is 2.41. The lowest BCUT2D eigenvalue weighted by atomic mass is 9.88. The van der Waals surface area contributed by atoms with Gasteiger partial charge in [-0.25, -0.2) is 13.1 Å². The lowest BCUT2D eigenvalue weighted by molar-refractivity contribution is 0.282. The van der Waals surface area contributed by atoms with Crippen molar-refractivity contribution in [2.24, 2.45) is 5.92 Å². The molecule has 0 unspecified atom stereocenters. The van der Waals surface area contributed by atoms with Gasteiger partial charge in [-0.3, -0.25) is 0 Å². The predicted molar refractivity (Wildman–Crippen MR) is 76.7 cm³/mol. The molecule has 1 heterocycles. The third-order valence-corrected chi connectivity index (χ3v) is 6.71. The monoisotopic (exact) mass is 303 g/mol. The van der Waals surface area contributed by atoms with Crippen molar-refractivity contribution in [1.29, 1.82) is 0 Å². The van der Waals surface area contributed by atoms with Crippen LogP contribution >= 0.6 is 11.3 Å². The SMILES string of the molecule is Cc1csc(CO)c1S(=O)(=O)NC1CCC(C)CC1. The molecular formula is C13H21NO3S2. The minimum absolute atomic E-state index is 0.0343. The first kappa shape index (κ1) is 15.0. The quantitative estimate of drug-likeness (QED) is 0.897. The number of hydrogen-bond donors (Lipinski definition) is 2. The molecule has 108 valence electrons. The normalized spacial score (nSPS) is 24.6. The molecule has 19 heavy (non-hydrogen) atoms. The lowest BCUT2D eigenvalue weighted by Gasteiger charge is -2.26. The summed E-state index contributed by atoms with van der Waals surface area (Å²) in [5, 5.41) is 11.0. The van der Waals surface area contributed by atoms with E-state index in [1.807, 2.05) is 0 Å². The summed E-state index contributed by atoms with van der Waals surface area (Å²) >= 11 is 1.30. The van der Waals surface area contributed by atoms with Crippen LogP contribution in [0.1, 0.15) is 43.0 Å². The molecule has 2 rings (SSSR count). The highest BCUT2D eigenvalue weighted by molar-refractivity contribution is 7.89. The van der Waals surface area contributed by atoms with Crippen molar-refractivity contribution in [3.63, 3.8) is 0 Å². The minimum atomic E-state index is -3.51. The second-order valence-corrected chi connectivity index (χ2v) is 8.02. The Morgan fingerprint density at radius 3 is 2.58 bits per heavy atom. The van der Waals surface area contributed by atoms with Crippen molar-refractivity contribution in [2.75, 3.05) is 0 Å². The number of sulfonamides is 1. The van der Waals surface area contributed by atoms with Gasteiger partial charge in [0.25, 0.3) is 0 Å². The molecule has 0 atom stereocenters. The van der Waals surface area contributed by atoms with E-state index in [-0.39, 0.29) is 17.5 Å². The molecule has 1 aromatic heterocycles. The van der Waals surface area contributed by atoms with Crippen LogP contribution < -0.4 is 4.72 Å². The summed E-state index contributed by atoms with van der Waals surface area (Å²) in [4.78, 5) is 0.799. The Morgan fingerprint density at radius 1 is 1.37 bits per heavy atom. The molecule has 0 amide bonds. The van der Waals surface area contributed by atoms with E-state index in [9.17, 15) is 13.5 Å². The number of aliphatic hydroxyl groups is 1. The molecule has 0 aliphatic heterocycles. The standard InChI is InChI=1S/C13H21NO3S2/c1-9-3-5-11(6-4-9)14-19(16,17)13-10(2)8-18-12(13)7-15/h8-9,11,14-15H,3-7H2,1-2H3. The van der Waals surface area contributed by atoms with Gasteiger partial charge in [-0.2, -0.15) is 0 Å². The fourth-order valence-electron chi connectivity index (χ4n) is 2.61. The lowest BCUT2D eigenvalue weighted by Crippen LogP contribution is -2.37. The van der Waals surface area contributed by atoms with Crippen LogP contribution in [0.4, 0.5) is 0 Å². The molecule has 1 fully saturated rings. The van der Waals surface area contributed by atoms with Gasteiger partial charge < -0.3 is 5.11 Å². The summed E-state index contributed by atoms with van der Waals surface area (Å²) in [6.07, 6.45) is 3.95. The van der Waals surface area contributed by atoms with E-state index in [4.69, 9.17) is 0 Å². The third kappa shape index (κ3) is 3.37. The number of rotatable bonds is 4. The summed E-state index contributed by atoms with van der Waals surface area (Å²) in [6, 6.07) is 0.0343. The Balaban J connectivity index is 2.16. The van der Waals surface area contributed by atoms with Crippen LogP contribution in [-0.2, 0) is 16.6 Å². The average Bonchev–Trinajstić information content (AvgIpc) is 2.74. The van der Waals surface area contributed by atoms with E-state index in [2.05, 4.69) is 11.6 Å². The van der Waals surface area contributed by atoms with Crippen LogP contribution in [0, 0.1) is 12.8 Å². The van der Waals surface area contributed by atoms with Crippen molar-refractivity contribution in [3.8, 4) is 0 Å². The third-order valence-electron chi connectivity index (χ3n) is 3.74. The van der Waals surface area contributed by atoms with Crippen molar-refractivity contribution in [2.45, 2.75) is 57.1 Å². The molecule has 1 aliphatic rings. The molecule has 0 spiro atoms. The number of aliphatic hydroxyl groups excluding tert-OH is 1. The Kier molecular flexibility index (Phi) is 4.66. The molecular weight excluding hydrogens is 282 g/mol. The highest BCUT2D eigenvalue weighted by Gasteiger charge is 2.27. The fourth-order valence-corrected chi connectivity index (χ4v) is 5.58. The van der Waals surface area contributed by atoms with Gasteiger partial charge in [0, 0.05) is 6.04 Å². The summed E-state index contributed by atoms with van der Waals surface area (Å²) < 4.78 is 27.7. The number of hydrogen-bond acceptors (Lipinski definition) is 4. The summed E-state index contributed by atoms with van der Waals surface area (Å²) in [7, 11) is -3.51. The zero-order valence-corrected chi connectivity index (χ0v) is 13.0. The molecule has 1 aliphatic carbocycles. The van der Waals surface area contributed by atoms with Crippen LogP contribution in [0.5, 0.6) is 0 Å². The average molecular weight is 303 g/mol. The van der Waals surface area contributed by atoms with Crippen LogP contribution in [0.2, 0.25) is 0 Å². The van der Waals surface area contributed by atoms with E-state index in [0.29, 0.717) is 16.4 Å². The van der Waals surface area contributed by atoms with Crippen molar-refractivity contribution in [1.82, 2.24) is 4.72 Å². The molecule has 0 saturated heterocycles. The van der Waals surface area contributed by atoms with Crippen LogP contribution in [-0.4, -0.2) is 19.6 Å². The van der Waals surface area contributed by atoms with E-state index in [1.54, 1.807) is 12.3 Å².